The lowest BCUT2D eigenvalue weighted by Gasteiger charge is -2.24. The van der Waals surface area contributed by atoms with Crippen molar-refractivity contribution in [2.24, 2.45) is 5.73 Å². The van der Waals surface area contributed by atoms with Crippen LogP contribution < -0.4 is 21.7 Å². The fraction of sp³-hybridized carbons (Fsp3) is 0.500. The molecule has 178 valence electrons. The van der Waals surface area contributed by atoms with Crippen molar-refractivity contribution in [1.29, 1.82) is 0 Å². The fourth-order valence-corrected chi connectivity index (χ4v) is 3.09. The van der Waals surface area contributed by atoms with E-state index in [9.17, 15) is 34.5 Å². The average Bonchev–Trinajstić information content (AvgIpc) is 2.75. The third-order valence-corrected chi connectivity index (χ3v) is 5.11. The van der Waals surface area contributed by atoms with Crippen molar-refractivity contribution in [3.63, 3.8) is 0 Å². The Morgan fingerprint density at radius 2 is 1.50 bits per heavy atom. The summed E-state index contributed by atoms with van der Waals surface area (Å²) >= 11 is 1.43. The first-order chi connectivity index (χ1) is 15.1. The van der Waals surface area contributed by atoms with Gasteiger partial charge in [-0.05, 0) is 43.0 Å². The van der Waals surface area contributed by atoms with Crippen LogP contribution in [0.1, 0.15) is 18.9 Å². The molecule has 1 rings (SSSR count). The molecule has 1 aromatic carbocycles. The number of rotatable bonds is 13. The van der Waals surface area contributed by atoms with Gasteiger partial charge in [-0.3, -0.25) is 14.4 Å². The van der Waals surface area contributed by atoms with Gasteiger partial charge >= 0.3 is 5.97 Å². The van der Waals surface area contributed by atoms with Gasteiger partial charge in [-0.25, -0.2) is 4.79 Å². The van der Waals surface area contributed by atoms with Gasteiger partial charge < -0.3 is 37.0 Å². The second-order valence-corrected chi connectivity index (χ2v) is 8.13. The van der Waals surface area contributed by atoms with Crippen LogP contribution in [0.15, 0.2) is 24.3 Å². The second-order valence-electron chi connectivity index (χ2n) is 7.15. The van der Waals surface area contributed by atoms with Crippen molar-refractivity contribution in [1.82, 2.24) is 16.0 Å². The summed E-state index contributed by atoms with van der Waals surface area (Å²) in [6.07, 6.45) is 1.97. The maximum atomic E-state index is 12.8. The highest BCUT2D eigenvalue weighted by Gasteiger charge is 2.29. The molecule has 3 amide bonds. The van der Waals surface area contributed by atoms with E-state index in [1.807, 2.05) is 0 Å². The molecule has 0 aliphatic heterocycles. The third-order valence-electron chi connectivity index (χ3n) is 4.46. The van der Waals surface area contributed by atoms with Crippen LogP contribution in [0.25, 0.3) is 0 Å². The Morgan fingerprint density at radius 3 is 2.00 bits per heavy atom. The van der Waals surface area contributed by atoms with Gasteiger partial charge in [-0.1, -0.05) is 12.1 Å². The number of aliphatic hydroxyl groups is 1. The van der Waals surface area contributed by atoms with E-state index in [-0.39, 0.29) is 18.6 Å². The van der Waals surface area contributed by atoms with Gasteiger partial charge in [0.2, 0.25) is 17.7 Å². The molecule has 12 heteroatoms. The third kappa shape index (κ3) is 9.12. The van der Waals surface area contributed by atoms with Crippen LogP contribution in [0.2, 0.25) is 0 Å². The van der Waals surface area contributed by atoms with Crippen molar-refractivity contribution in [3.8, 4) is 5.75 Å². The van der Waals surface area contributed by atoms with E-state index in [0.717, 1.165) is 0 Å². The number of aliphatic carboxylic acids is 1. The monoisotopic (exact) mass is 470 g/mol. The zero-order chi connectivity index (χ0) is 24.3. The number of carboxylic acids is 1. The van der Waals surface area contributed by atoms with E-state index in [0.29, 0.717) is 11.3 Å². The lowest BCUT2D eigenvalue weighted by molar-refractivity contribution is -0.142. The first-order valence-electron chi connectivity index (χ1n) is 9.86. The number of phenols is 1. The summed E-state index contributed by atoms with van der Waals surface area (Å²) in [5.41, 5.74) is 6.03. The molecular weight excluding hydrogens is 440 g/mol. The standard InChI is InChI=1S/C20H30N4O7S/c1-11(21)17(27)24-16(10-25)19(29)22-14(7-8-32-2)18(28)23-15(20(30)31)9-12-3-5-13(26)6-4-12/h3-6,11,14-16,25-26H,7-10,21H2,1-2H3,(H,22,29)(H,23,28)(H,24,27)(H,30,31). The van der Waals surface area contributed by atoms with Gasteiger partial charge in [0.25, 0.3) is 0 Å². The summed E-state index contributed by atoms with van der Waals surface area (Å²) in [4.78, 5) is 48.7. The zero-order valence-corrected chi connectivity index (χ0v) is 18.7. The van der Waals surface area contributed by atoms with Crippen molar-refractivity contribution in [2.75, 3.05) is 18.6 Å². The number of thioether (sulfide) groups is 1. The maximum absolute atomic E-state index is 12.8. The summed E-state index contributed by atoms with van der Waals surface area (Å²) in [5.74, 6) is -2.91. The first-order valence-corrected chi connectivity index (χ1v) is 11.3. The van der Waals surface area contributed by atoms with Crippen LogP contribution >= 0.6 is 11.8 Å². The smallest absolute Gasteiger partial charge is 0.326 e. The molecule has 11 nitrogen and oxygen atoms in total. The molecule has 8 N–H and O–H groups in total. The van der Waals surface area contributed by atoms with Crippen molar-refractivity contribution >= 4 is 35.5 Å². The van der Waals surface area contributed by atoms with Gasteiger partial charge in [-0.15, -0.1) is 0 Å². The number of phenolic OH excluding ortho intramolecular Hbond substituents is 1. The van der Waals surface area contributed by atoms with Crippen LogP contribution in [-0.4, -0.2) is 81.8 Å². The number of hydrogen-bond acceptors (Lipinski definition) is 8. The van der Waals surface area contributed by atoms with Crippen molar-refractivity contribution in [2.45, 2.75) is 43.9 Å². The molecule has 0 fully saturated rings. The minimum Gasteiger partial charge on any atom is -0.508 e. The fourth-order valence-electron chi connectivity index (χ4n) is 2.61. The summed E-state index contributed by atoms with van der Waals surface area (Å²) < 4.78 is 0. The molecule has 0 heterocycles. The largest absolute Gasteiger partial charge is 0.508 e. The number of carbonyl (C=O) groups excluding carboxylic acids is 3. The normalized spacial score (nSPS) is 14.5. The van der Waals surface area contributed by atoms with Gasteiger partial charge in [0.15, 0.2) is 0 Å². The SMILES string of the molecule is CSCCC(NC(=O)C(CO)NC(=O)C(C)N)C(=O)NC(Cc1ccc(O)cc1)C(=O)O. The lowest BCUT2D eigenvalue weighted by Crippen LogP contribution is -2.58. The number of nitrogens with one attached hydrogen (secondary N) is 3. The van der Waals surface area contributed by atoms with Crippen LogP contribution in [0.3, 0.4) is 0 Å². The molecule has 0 bridgehead atoms. The van der Waals surface area contributed by atoms with E-state index in [4.69, 9.17) is 5.73 Å². The number of nitrogens with two attached hydrogens (primary N) is 1. The van der Waals surface area contributed by atoms with E-state index >= 15 is 0 Å². The molecule has 4 unspecified atom stereocenters. The van der Waals surface area contributed by atoms with E-state index in [2.05, 4.69) is 16.0 Å². The minimum atomic E-state index is -1.31. The van der Waals surface area contributed by atoms with E-state index in [1.165, 1.54) is 43.0 Å². The van der Waals surface area contributed by atoms with Gasteiger partial charge in [0.1, 0.15) is 23.9 Å². The molecule has 1 aromatic rings. The number of carbonyl (C=O) groups is 4. The molecule has 32 heavy (non-hydrogen) atoms. The number of hydrogen-bond donors (Lipinski definition) is 7. The Labute approximate surface area is 190 Å². The molecule has 0 saturated carbocycles. The van der Waals surface area contributed by atoms with Crippen LogP contribution in [0, 0.1) is 0 Å². The Kier molecular flexibility index (Phi) is 11.5. The minimum absolute atomic E-state index is 0.0269. The number of amides is 3. The molecule has 0 aromatic heterocycles. The zero-order valence-electron chi connectivity index (χ0n) is 17.9. The topological polar surface area (TPSA) is 191 Å². The first kappa shape index (κ1) is 27.2. The predicted octanol–water partition coefficient (Wildman–Crippen LogP) is -1.43. The molecule has 0 radical (unpaired) electrons. The Balaban J connectivity index is 2.89. The maximum Gasteiger partial charge on any atom is 0.326 e. The van der Waals surface area contributed by atoms with Gasteiger partial charge in [0.05, 0.1) is 12.6 Å². The summed E-state index contributed by atoms with van der Waals surface area (Å²) in [7, 11) is 0. The molecule has 0 aliphatic rings. The van der Waals surface area contributed by atoms with Crippen LogP contribution in [-0.2, 0) is 25.6 Å². The summed E-state index contributed by atoms with van der Waals surface area (Å²) in [6.45, 7) is 0.705. The highest BCUT2D eigenvalue weighted by atomic mass is 32.2. The molecule has 0 saturated heterocycles. The van der Waals surface area contributed by atoms with E-state index < -0.39 is 54.5 Å². The molecular formula is C20H30N4O7S. The predicted molar refractivity (Wildman–Crippen MR) is 119 cm³/mol. The number of carboxylic acid groups (broad SMARTS) is 1. The van der Waals surface area contributed by atoms with Crippen molar-refractivity contribution in [3.05, 3.63) is 29.8 Å². The Bertz CT molecular complexity index is 789. The molecule has 0 spiro atoms. The second kappa shape index (κ2) is 13.6. The number of benzene rings is 1. The van der Waals surface area contributed by atoms with Gasteiger partial charge in [0, 0.05) is 6.42 Å². The molecule has 0 aliphatic carbocycles. The van der Waals surface area contributed by atoms with Crippen molar-refractivity contribution < 1.29 is 34.5 Å². The number of aliphatic hydroxyl groups excluding tert-OH is 1. The summed E-state index contributed by atoms with van der Waals surface area (Å²) in [6, 6.07) is 1.32. The lowest BCUT2D eigenvalue weighted by atomic mass is 10.0. The highest BCUT2D eigenvalue weighted by Crippen LogP contribution is 2.12. The Morgan fingerprint density at radius 1 is 0.969 bits per heavy atom. The quantitative estimate of drug-likeness (QED) is 0.181. The van der Waals surface area contributed by atoms with Gasteiger partial charge in [-0.2, -0.15) is 11.8 Å². The van der Waals surface area contributed by atoms with Crippen LogP contribution in [0.5, 0.6) is 5.75 Å². The average molecular weight is 471 g/mol. The summed E-state index contributed by atoms with van der Waals surface area (Å²) in [5, 5.41) is 35.5. The van der Waals surface area contributed by atoms with Crippen LogP contribution in [0.4, 0.5) is 0 Å². The molecule has 4 atom stereocenters. The van der Waals surface area contributed by atoms with E-state index in [1.54, 1.807) is 6.26 Å². The highest BCUT2D eigenvalue weighted by molar-refractivity contribution is 7.98. The Hall–Kier alpha value is -2.83. The number of aromatic hydroxyl groups is 1.